The number of halogens is 1. The van der Waals surface area contributed by atoms with E-state index in [1.165, 1.54) is 0 Å². The maximum absolute atomic E-state index is 10.8. The van der Waals surface area contributed by atoms with E-state index in [0.717, 1.165) is 62.8 Å². The highest BCUT2D eigenvalue weighted by atomic mass is 35.5. The van der Waals surface area contributed by atoms with Crippen LogP contribution in [0.3, 0.4) is 0 Å². The lowest BCUT2D eigenvalue weighted by Crippen LogP contribution is -2.58. The van der Waals surface area contributed by atoms with E-state index in [2.05, 4.69) is 30.8 Å². The molecule has 0 aromatic carbocycles. The Morgan fingerprint density at radius 2 is 1.96 bits per heavy atom. The molecule has 0 radical (unpaired) electrons. The second-order valence-electron chi connectivity index (χ2n) is 7.85. The number of aromatic nitrogens is 3. The first-order chi connectivity index (χ1) is 13.5. The molecule has 0 bridgehead atoms. The predicted octanol–water partition coefficient (Wildman–Crippen LogP) is 1.53. The van der Waals surface area contributed by atoms with Gasteiger partial charge in [-0.2, -0.15) is 5.10 Å². The standard InChI is InChI=1S/C20H29ClN6O/c1-15-16(20(21)24(2)23-15)13-25-8-6-17(18(28)14-25)26-9-11-27(12-10-26)19-5-3-4-7-22-19/h3-5,7,17-18,28H,6,8-14H2,1-2H3/t17-,18-/m0/s1. The lowest BCUT2D eigenvalue weighted by molar-refractivity contribution is -0.0172. The number of aryl methyl sites for hydroxylation is 2. The third-order valence-electron chi connectivity index (χ3n) is 6.04. The molecular formula is C20H29ClN6O. The average Bonchev–Trinajstić information content (AvgIpc) is 2.95. The number of rotatable bonds is 4. The van der Waals surface area contributed by atoms with Gasteiger partial charge in [-0.1, -0.05) is 17.7 Å². The van der Waals surface area contributed by atoms with E-state index in [0.29, 0.717) is 11.7 Å². The topological polar surface area (TPSA) is 60.7 Å². The van der Waals surface area contributed by atoms with Crippen LogP contribution in [0.2, 0.25) is 5.15 Å². The smallest absolute Gasteiger partial charge is 0.131 e. The van der Waals surface area contributed by atoms with Crippen LogP contribution in [-0.2, 0) is 13.6 Å². The fraction of sp³-hybridized carbons (Fsp3) is 0.600. The summed E-state index contributed by atoms with van der Waals surface area (Å²) in [5.74, 6) is 1.04. The lowest BCUT2D eigenvalue weighted by Gasteiger charge is -2.45. The fourth-order valence-electron chi connectivity index (χ4n) is 4.45. The molecule has 0 amide bonds. The van der Waals surface area contributed by atoms with Crippen LogP contribution in [0, 0.1) is 6.92 Å². The van der Waals surface area contributed by atoms with Crippen molar-refractivity contribution in [1.29, 1.82) is 0 Å². The zero-order valence-electron chi connectivity index (χ0n) is 16.6. The summed E-state index contributed by atoms with van der Waals surface area (Å²) in [5.41, 5.74) is 2.04. The molecule has 2 aliphatic rings. The maximum Gasteiger partial charge on any atom is 0.131 e. The van der Waals surface area contributed by atoms with Gasteiger partial charge in [0, 0.05) is 70.7 Å². The van der Waals surface area contributed by atoms with Crippen LogP contribution in [0.25, 0.3) is 0 Å². The minimum atomic E-state index is -0.342. The largest absolute Gasteiger partial charge is 0.390 e. The van der Waals surface area contributed by atoms with Crippen LogP contribution in [-0.4, -0.2) is 81.1 Å². The van der Waals surface area contributed by atoms with Crippen molar-refractivity contribution < 1.29 is 5.11 Å². The number of pyridine rings is 1. The van der Waals surface area contributed by atoms with Gasteiger partial charge in [0.2, 0.25) is 0 Å². The Balaban J connectivity index is 1.31. The molecule has 0 aliphatic carbocycles. The van der Waals surface area contributed by atoms with Crippen molar-refractivity contribution in [3.8, 4) is 0 Å². The van der Waals surface area contributed by atoms with Crippen LogP contribution >= 0.6 is 11.6 Å². The van der Waals surface area contributed by atoms with Crippen molar-refractivity contribution in [3.05, 3.63) is 40.8 Å². The first kappa shape index (κ1) is 19.6. The van der Waals surface area contributed by atoms with E-state index in [9.17, 15) is 5.11 Å². The molecular weight excluding hydrogens is 376 g/mol. The van der Waals surface area contributed by atoms with E-state index < -0.39 is 0 Å². The fourth-order valence-corrected chi connectivity index (χ4v) is 4.69. The van der Waals surface area contributed by atoms with Crippen LogP contribution < -0.4 is 4.90 Å². The normalized spacial score (nSPS) is 24.6. The third kappa shape index (κ3) is 4.03. The third-order valence-corrected chi connectivity index (χ3v) is 6.51. The molecule has 0 spiro atoms. The van der Waals surface area contributed by atoms with Crippen LogP contribution in [0.4, 0.5) is 5.82 Å². The number of anilines is 1. The molecule has 2 aromatic rings. The molecule has 2 saturated heterocycles. The first-order valence-corrected chi connectivity index (χ1v) is 10.4. The van der Waals surface area contributed by atoms with Crippen LogP contribution in [0.15, 0.2) is 24.4 Å². The van der Waals surface area contributed by atoms with E-state index in [1.807, 2.05) is 32.3 Å². The van der Waals surface area contributed by atoms with E-state index in [1.54, 1.807) is 4.68 Å². The molecule has 2 aromatic heterocycles. The number of aliphatic hydroxyl groups is 1. The molecule has 8 heteroatoms. The number of piperazine rings is 1. The van der Waals surface area contributed by atoms with Gasteiger partial charge in [0.05, 0.1) is 11.8 Å². The molecule has 2 aliphatic heterocycles. The van der Waals surface area contributed by atoms with Gasteiger partial charge in [-0.15, -0.1) is 0 Å². The van der Waals surface area contributed by atoms with E-state index in [-0.39, 0.29) is 12.1 Å². The summed E-state index contributed by atoms with van der Waals surface area (Å²) in [5, 5.41) is 15.9. The van der Waals surface area contributed by atoms with Crippen LogP contribution in [0.1, 0.15) is 17.7 Å². The molecule has 28 heavy (non-hydrogen) atoms. The first-order valence-electron chi connectivity index (χ1n) is 10.0. The number of likely N-dealkylation sites (tertiary alicyclic amines) is 1. The predicted molar refractivity (Wildman–Crippen MR) is 111 cm³/mol. The van der Waals surface area contributed by atoms with Gasteiger partial charge in [0.25, 0.3) is 0 Å². The van der Waals surface area contributed by atoms with Crippen molar-refractivity contribution in [1.82, 2.24) is 24.6 Å². The van der Waals surface area contributed by atoms with E-state index in [4.69, 9.17) is 11.6 Å². The van der Waals surface area contributed by atoms with Crippen molar-refractivity contribution in [3.63, 3.8) is 0 Å². The minimum Gasteiger partial charge on any atom is -0.390 e. The highest BCUT2D eigenvalue weighted by Gasteiger charge is 2.34. The summed E-state index contributed by atoms with van der Waals surface area (Å²) in [6, 6.07) is 6.27. The van der Waals surface area contributed by atoms with Gasteiger partial charge in [-0.25, -0.2) is 4.98 Å². The Bertz CT molecular complexity index is 789. The Morgan fingerprint density at radius 3 is 2.57 bits per heavy atom. The van der Waals surface area contributed by atoms with Crippen molar-refractivity contribution in [2.45, 2.75) is 32.0 Å². The molecule has 0 saturated carbocycles. The molecule has 1 N–H and O–H groups in total. The molecule has 0 unspecified atom stereocenters. The minimum absolute atomic E-state index is 0.229. The molecule has 4 rings (SSSR count). The van der Waals surface area contributed by atoms with Gasteiger partial charge in [0.1, 0.15) is 11.0 Å². The Labute approximate surface area is 171 Å². The van der Waals surface area contributed by atoms with Crippen molar-refractivity contribution >= 4 is 17.4 Å². The summed E-state index contributed by atoms with van der Waals surface area (Å²) >= 11 is 6.38. The number of piperidine rings is 1. The summed E-state index contributed by atoms with van der Waals surface area (Å²) in [7, 11) is 1.87. The highest BCUT2D eigenvalue weighted by molar-refractivity contribution is 6.30. The van der Waals surface area contributed by atoms with Gasteiger partial charge in [0.15, 0.2) is 0 Å². The zero-order valence-corrected chi connectivity index (χ0v) is 17.4. The summed E-state index contributed by atoms with van der Waals surface area (Å²) < 4.78 is 1.72. The van der Waals surface area contributed by atoms with Gasteiger partial charge >= 0.3 is 0 Å². The molecule has 2 fully saturated rings. The molecule has 7 nitrogen and oxygen atoms in total. The quantitative estimate of drug-likeness (QED) is 0.834. The summed E-state index contributed by atoms with van der Waals surface area (Å²) in [6.07, 6.45) is 2.48. The van der Waals surface area contributed by atoms with Gasteiger partial charge < -0.3 is 10.0 Å². The SMILES string of the molecule is Cc1nn(C)c(Cl)c1CN1CC[C@H](N2CCN(c3ccccn3)CC2)[C@@H](O)C1. The van der Waals surface area contributed by atoms with E-state index >= 15 is 0 Å². The molecule has 152 valence electrons. The second-order valence-corrected chi connectivity index (χ2v) is 8.21. The molecule has 4 heterocycles. The zero-order chi connectivity index (χ0) is 19.7. The summed E-state index contributed by atoms with van der Waals surface area (Å²) in [4.78, 5) is 11.5. The Kier molecular flexibility index (Phi) is 5.87. The highest BCUT2D eigenvalue weighted by Crippen LogP contribution is 2.25. The second kappa shape index (κ2) is 8.37. The number of nitrogens with zero attached hydrogens (tertiary/aromatic N) is 6. The summed E-state index contributed by atoms with van der Waals surface area (Å²) in [6.45, 7) is 8.21. The van der Waals surface area contributed by atoms with Crippen molar-refractivity contribution in [2.75, 3.05) is 44.2 Å². The number of hydrogen-bond acceptors (Lipinski definition) is 6. The monoisotopic (exact) mass is 404 g/mol. The Morgan fingerprint density at radius 1 is 1.18 bits per heavy atom. The average molecular weight is 405 g/mol. The molecule has 2 atom stereocenters. The number of hydrogen-bond donors (Lipinski definition) is 1. The number of aliphatic hydroxyl groups excluding tert-OH is 1. The maximum atomic E-state index is 10.8. The van der Waals surface area contributed by atoms with Gasteiger partial charge in [-0.3, -0.25) is 14.5 Å². The van der Waals surface area contributed by atoms with Gasteiger partial charge in [-0.05, 0) is 25.5 Å². The van der Waals surface area contributed by atoms with Crippen LogP contribution in [0.5, 0.6) is 0 Å². The Hall–Kier alpha value is -1.67. The number of β-amino-alcohol motifs (C(OH)–C–C–N with tert-alkyl or cyclic N) is 1. The lowest BCUT2D eigenvalue weighted by atomic mass is 9.98. The van der Waals surface area contributed by atoms with Crippen molar-refractivity contribution in [2.24, 2.45) is 7.05 Å².